The lowest BCUT2D eigenvalue weighted by Gasteiger charge is -2.19. The van der Waals surface area contributed by atoms with E-state index in [1.807, 2.05) is 22.4 Å². The molecular formula is C20H23FN4O3S. The second kappa shape index (κ2) is 10.8. The van der Waals surface area contributed by atoms with Gasteiger partial charge in [-0.2, -0.15) is 0 Å². The van der Waals surface area contributed by atoms with Crippen LogP contribution in [0.2, 0.25) is 0 Å². The molecule has 0 fully saturated rings. The number of hydrogen-bond acceptors (Lipinski definition) is 7. The van der Waals surface area contributed by atoms with Crippen molar-refractivity contribution in [1.82, 2.24) is 20.4 Å². The zero-order valence-corrected chi connectivity index (χ0v) is 17.0. The maximum Gasteiger partial charge on any atom is 0.257 e. The summed E-state index contributed by atoms with van der Waals surface area (Å²) in [5.41, 5.74) is 0.580. The molecule has 0 radical (unpaired) electrons. The van der Waals surface area contributed by atoms with Gasteiger partial charge in [-0.15, -0.1) is 21.5 Å². The summed E-state index contributed by atoms with van der Waals surface area (Å²) in [6.45, 7) is 1.85. The van der Waals surface area contributed by atoms with E-state index in [-0.39, 0.29) is 18.3 Å². The topological polar surface area (TPSA) is 80.5 Å². The lowest BCUT2D eigenvalue weighted by Crippen LogP contribution is -2.39. The van der Waals surface area contributed by atoms with E-state index in [1.165, 1.54) is 17.4 Å². The van der Waals surface area contributed by atoms with Crippen LogP contribution in [0.15, 0.2) is 46.2 Å². The van der Waals surface area contributed by atoms with Gasteiger partial charge in [0, 0.05) is 20.2 Å². The average molecular weight is 418 g/mol. The van der Waals surface area contributed by atoms with Gasteiger partial charge in [0.05, 0.1) is 24.6 Å². The molecule has 0 unspecified atom stereocenters. The molecule has 29 heavy (non-hydrogen) atoms. The highest BCUT2D eigenvalue weighted by Crippen LogP contribution is 2.23. The molecule has 0 bridgehead atoms. The van der Waals surface area contributed by atoms with Crippen LogP contribution in [0.4, 0.5) is 4.39 Å². The summed E-state index contributed by atoms with van der Waals surface area (Å²) in [5.74, 6) is 0.483. The monoisotopic (exact) mass is 418 g/mol. The molecule has 1 aromatic carbocycles. The average Bonchev–Trinajstić information content (AvgIpc) is 3.39. The molecule has 3 aromatic rings. The van der Waals surface area contributed by atoms with Crippen LogP contribution >= 0.6 is 11.3 Å². The number of carbonyl (C=O) groups is 1. The van der Waals surface area contributed by atoms with Gasteiger partial charge in [-0.25, -0.2) is 4.39 Å². The first-order valence-corrected chi connectivity index (χ1v) is 10.1. The first-order valence-electron chi connectivity index (χ1n) is 9.23. The minimum Gasteiger partial charge on any atom is -0.419 e. The minimum atomic E-state index is -0.263. The number of ether oxygens (including phenoxy) is 1. The number of amides is 1. The number of halogens is 1. The first-order chi connectivity index (χ1) is 14.2. The number of nitrogens with one attached hydrogen (secondary N) is 1. The maximum atomic E-state index is 13.7. The Hall–Kier alpha value is -2.62. The van der Waals surface area contributed by atoms with Gasteiger partial charge in [-0.05, 0) is 29.5 Å². The number of rotatable bonds is 11. The highest BCUT2D eigenvalue weighted by Gasteiger charge is 2.16. The maximum absolute atomic E-state index is 13.7. The van der Waals surface area contributed by atoms with Crippen LogP contribution in [0.1, 0.15) is 11.5 Å². The van der Waals surface area contributed by atoms with Crippen molar-refractivity contribution in [3.63, 3.8) is 0 Å². The highest BCUT2D eigenvalue weighted by atomic mass is 32.1. The van der Waals surface area contributed by atoms with E-state index in [1.54, 1.807) is 25.3 Å². The predicted octanol–water partition coefficient (Wildman–Crippen LogP) is 2.74. The fourth-order valence-electron chi connectivity index (χ4n) is 2.74. The lowest BCUT2D eigenvalue weighted by atomic mass is 10.1. The Balaban J connectivity index is 1.51. The van der Waals surface area contributed by atoms with Crippen LogP contribution < -0.4 is 5.32 Å². The van der Waals surface area contributed by atoms with Crippen molar-refractivity contribution in [3.05, 3.63) is 59.0 Å². The number of nitrogens with zero attached hydrogens (tertiary/aromatic N) is 3. The van der Waals surface area contributed by atoms with E-state index in [9.17, 15) is 9.18 Å². The Bertz CT molecular complexity index is 901. The van der Waals surface area contributed by atoms with E-state index in [0.29, 0.717) is 50.0 Å². The Morgan fingerprint density at radius 2 is 2.14 bits per heavy atom. The third-order valence-electron chi connectivity index (χ3n) is 4.21. The molecule has 2 heterocycles. The third-order valence-corrected chi connectivity index (χ3v) is 5.07. The normalized spacial score (nSPS) is 11.1. The first kappa shape index (κ1) is 21.1. The summed E-state index contributed by atoms with van der Waals surface area (Å²) < 4.78 is 24.5. The van der Waals surface area contributed by atoms with E-state index >= 15 is 0 Å². The smallest absolute Gasteiger partial charge is 0.257 e. The Kier molecular flexibility index (Phi) is 7.85. The number of aromatic nitrogens is 2. The lowest BCUT2D eigenvalue weighted by molar-refractivity contribution is -0.122. The van der Waals surface area contributed by atoms with Crippen LogP contribution in [0.25, 0.3) is 10.8 Å². The van der Waals surface area contributed by atoms with E-state index < -0.39 is 0 Å². The minimum absolute atomic E-state index is 0.150. The molecular weight excluding hydrogens is 395 g/mol. The number of thiophene rings is 1. The zero-order valence-electron chi connectivity index (χ0n) is 16.1. The largest absolute Gasteiger partial charge is 0.419 e. The summed E-state index contributed by atoms with van der Waals surface area (Å²) in [6.07, 6.45) is 0.435. The van der Waals surface area contributed by atoms with E-state index in [4.69, 9.17) is 9.15 Å². The molecule has 0 spiro atoms. The van der Waals surface area contributed by atoms with Crippen LogP contribution in [0.5, 0.6) is 0 Å². The van der Waals surface area contributed by atoms with Gasteiger partial charge in [-0.1, -0.05) is 24.3 Å². The van der Waals surface area contributed by atoms with E-state index in [2.05, 4.69) is 15.5 Å². The summed E-state index contributed by atoms with van der Waals surface area (Å²) in [5, 5.41) is 12.9. The van der Waals surface area contributed by atoms with Crippen molar-refractivity contribution in [2.24, 2.45) is 0 Å². The number of methoxy groups -OCH3 is 1. The summed E-state index contributed by atoms with van der Waals surface area (Å²) in [6, 6.07) is 10.4. The number of benzene rings is 1. The Labute approximate surface area is 172 Å². The second-order valence-corrected chi connectivity index (χ2v) is 7.32. The number of carbonyl (C=O) groups excluding carboxylic acids is 1. The van der Waals surface area contributed by atoms with Gasteiger partial charge in [0.1, 0.15) is 5.82 Å². The molecule has 1 N–H and O–H groups in total. The van der Waals surface area contributed by atoms with Gasteiger partial charge < -0.3 is 14.5 Å². The highest BCUT2D eigenvalue weighted by molar-refractivity contribution is 7.13. The molecule has 3 rings (SSSR count). The fraction of sp³-hybridized carbons (Fsp3) is 0.350. The van der Waals surface area contributed by atoms with Crippen molar-refractivity contribution in [1.29, 1.82) is 0 Å². The molecule has 2 aromatic heterocycles. The van der Waals surface area contributed by atoms with Gasteiger partial charge in [-0.3, -0.25) is 9.69 Å². The standard InChI is InChI=1S/C20H23FN4O3S/c1-27-11-10-25(14-19-23-24-20(28-19)17-7-4-12-29-17)13-18(26)22-9-8-15-5-2-3-6-16(15)21/h2-7,12H,8-11,13-14H2,1H3,(H,22,26). The summed E-state index contributed by atoms with van der Waals surface area (Å²) >= 11 is 1.52. The molecule has 1 amide bonds. The van der Waals surface area contributed by atoms with Crippen molar-refractivity contribution >= 4 is 17.2 Å². The summed E-state index contributed by atoms with van der Waals surface area (Å²) in [7, 11) is 1.61. The van der Waals surface area contributed by atoms with Gasteiger partial charge in [0.25, 0.3) is 5.89 Å². The van der Waals surface area contributed by atoms with Crippen LogP contribution in [-0.2, 0) is 22.5 Å². The Morgan fingerprint density at radius 3 is 2.90 bits per heavy atom. The molecule has 0 aliphatic rings. The number of hydrogen-bond donors (Lipinski definition) is 1. The SMILES string of the molecule is COCCN(CC(=O)NCCc1ccccc1F)Cc1nnc(-c2cccs2)o1. The quantitative estimate of drug-likeness (QED) is 0.516. The van der Waals surface area contributed by atoms with Crippen molar-refractivity contribution < 1.29 is 18.3 Å². The predicted molar refractivity (Wildman–Crippen MR) is 108 cm³/mol. The van der Waals surface area contributed by atoms with Crippen molar-refractivity contribution in [3.8, 4) is 10.8 Å². The molecule has 154 valence electrons. The molecule has 0 aliphatic carbocycles. The van der Waals surface area contributed by atoms with Gasteiger partial charge in [0.15, 0.2) is 0 Å². The van der Waals surface area contributed by atoms with E-state index in [0.717, 1.165) is 4.88 Å². The molecule has 0 saturated heterocycles. The van der Waals surface area contributed by atoms with Crippen LogP contribution in [0, 0.1) is 5.82 Å². The molecule has 0 aliphatic heterocycles. The van der Waals surface area contributed by atoms with Crippen LogP contribution in [-0.4, -0.2) is 54.4 Å². The Morgan fingerprint density at radius 1 is 1.28 bits per heavy atom. The second-order valence-electron chi connectivity index (χ2n) is 6.37. The molecule has 7 nitrogen and oxygen atoms in total. The van der Waals surface area contributed by atoms with Crippen LogP contribution in [0.3, 0.4) is 0 Å². The molecule has 0 atom stereocenters. The third kappa shape index (κ3) is 6.45. The van der Waals surface area contributed by atoms with Gasteiger partial charge in [0.2, 0.25) is 11.8 Å². The molecule has 0 saturated carbocycles. The van der Waals surface area contributed by atoms with Gasteiger partial charge >= 0.3 is 0 Å². The van der Waals surface area contributed by atoms with Crippen molar-refractivity contribution in [2.75, 3.05) is 33.4 Å². The fourth-order valence-corrected chi connectivity index (χ4v) is 3.38. The summed E-state index contributed by atoms with van der Waals surface area (Å²) in [4.78, 5) is 15.1. The molecule has 9 heteroatoms. The van der Waals surface area contributed by atoms with Crippen molar-refractivity contribution in [2.45, 2.75) is 13.0 Å². The zero-order chi connectivity index (χ0) is 20.5.